The molecule has 0 radical (unpaired) electrons. The summed E-state index contributed by atoms with van der Waals surface area (Å²) in [4.78, 5) is 36.1. The van der Waals surface area contributed by atoms with Crippen molar-refractivity contribution < 1.29 is 19.4 Å². The van der Waals surface area contributed by atoms with Crippen molar-refractivity contribution in [3.8, 4) is 5.75 Å². The van der Waals surface area contributed by atoms with Crippen molar-refractivity contribution in [3.63, 3.8) is 0 Å². The molecular formula is C24H27ClN6O4. The van der Waals surface area contributed by atoms with E-state index >= 15 is 0 Å². The number of nitrogens with zero attached hydrogens (tertiary/aromatic N) is 6. The van der Waals surface area contributed by atoms with Crippen LogP contribution >= 0.6 is 11.6 Å². The smallest absolute Gasteiger partial charge is 0.411 e. The van der Waals surface area contributed by atoms with Crippen molar-refractivity contribution in [1.29, 1.82) is 0 Å². The van der Waals surface area contributed by atoms with Crippen LogP contribution in [0.2, 0.25) is 5.02 Å². The second kappa shape index (κ2) is 11.7. The zero-order valence-corrected chi connectivity index (χ0v) is 19.9. The van der Waals surface area contributed by atoms with E-state index < -0.39 is 6.09 Å². The van der Waals surface area contributed by atoms with Crippen LogP contribution in [-0.4, -0.2) is 67.5 Å². The molecule has 2 heterocycles. The molecule has 0 unspecified atom stereocenters. The molecule has 1 fully saturated rings. The van der Waals surface area contributed by atoms with Gasteiger partial charge in [0.15, 0.2) is 0 Å². The van der Waals surface area contributed by atoms with E-state index in [1.165, 1.54) is 23.6 Å². The summed E-state index contributed by atoms with van der Waals surface area (Å²) in [5.74, 6) is 0.289. The predicted molar refractivity (Wildman–Crippen MR) is 130 cm³/mol. The van der Waals surface area contributed by atoms with Crippen molar-refractivity contribution >= 4 is 29.3 Å². The van der Waals surface area contributed by atoms with Crippen LogP contribution in [0.1, 0.15) is 36.0 Å². The Hall–Kier alpha value is -3.66. The van der Waals surface area contributed by atoms with Gasteiger partial charge in [-0.05, 0) is 43.2 Å². The number of carbonyl (C=O) groups excluding carboxylic acids is 1. The van der Waals surface area contributed by atoms with E-state index in [9.17, 15) is 14.7 Å². The third-order valence-corrected chi connectivity index (χ3v) is 6.19. The molecule has 0 spiro atoms. The molecule has 0 bridgehead atoms. The van der Waals surface area contributed by atoms with Crippen molar-refractivity contribution in [2.24, 2.45) is 0 Å². The van der Waals surface area contributed by atoms with Gasteiger partial charge in [0.25, 0.3) is 5.91 Å². The van der Waals surface area contributed by atoms with Crippen LogP contribution in [0.15, 0.2) is 55.4 Å². The minimum Gasteiger partial charge on any atom is -0.492 e. The number of hydrogen-bond donors (Lipinski definition) is 1. The molecule has 0 atom stereocenters. The van der Waals surface area contributed by atoms with E-state index in [4.69, 9.17) is 16.3 Å². The van der Waals surface area contributed by atoms with E-state index in [1.54, 1.807) is 41.3 Å². The zero-order chi connectivity index (χ0) is 24.6. The van der Waals surface area contributed by atoms with Crippen molar-refractivity contribution in [1.82, 2.24) is 24.6 Å². The molecule has 1 aromatic carbocycles. The monoisotopic (exact) mass is 498 g/mol. The first-order valence-electron chi connectivity index (χ1n) is 11.5. The van der Waals surface area contributed by atoms with Gasteiger partial charge in [-0.25, -0.2) is 9.78 Å². The molecule has 1 aliphatic rings. The van der Waals surface area contributed by atoms with Gasteiger partial charge >= 0.3 is 6.09 Å². The quantitative estimate of drug-likeness (QED) is 0.449. The minimum absolute atomic E-state index is 0.0846. The SMILES string of the molecule is O=C(O)N(CCOc1cc(Cl)cc(C(=O)N(CCn2cncn2)C2CCCC2)c1)c1ccncc1. The number of pyridine rings is 1. The number of amides is 2. The Labute approximate surface area is 208 Å². The molecule has 11 heteroatoms. The number of halogens is 1. The first-order valence-corrected chi connectivity index (χ1v) is 11.9. The average Bonchev–Trinajstić information content (AvgIpc) is 3.57. The predicted octanol–water partition coefficient (Wildman–Crippen LogP) is 3.97. The third kappa shape index (κ3) is 6.48. The lowest BCUT2D eigenvalue weighted by Crippen LogP contribution is -2.41. The highest BCUT2D eigenvalue weighted by atomic mass is 35.5. The van der Waals surface area contributed by atoms with E-state index in [0.29, 0.717) is 35.1 Å². The summed E-state index contributed by atoms with van der Waals surface area (Å²) in [7, 11) is 0. The molecule has 35 heavy (non-hydrogen) atoms. The van der Waals surface area contributed by atoms with Gasteiger partial charge in [0, 0.05) is 35.6 Å². The number of rotatable bonds is 10. The van der Waals surface area contributed by atoms with Gasteiger partial charge in [-0.15, -0.1) is 0 Å². The van der Waals surface area contributed by atoms with Gasteiger partial charge in [-0.1, -0.05) is 24.4 Å². The molecule has 0 saturated heterocycles. The van der Waals surface area contributed by atoms with Gasteiger partial charge in [0.05, 0.1) is 18.8 Å². The lowest BCUT2D eigenvalue weighted by molar-refractivity contribution is 0.0671. The van der Waals surface area contributed by atoms with Crippen molar-refractivity contribution in [2.45, 2.75) is 38.3 Å². The summed E-state index contributed by atoms with van der Waals surface area (Å²) >= 11 is 6.32. The number of aromatic nitrogens is 4. The number of ether oxygens (including phenoxy) is 1. The fraction of sp³-hybridized carbons (Fsp3) is 0.375. The standard InChI is InChI=1S/C24H27ClN6O4/c25-19-13-18(23(32)30(20-3-1-2-4-20)10-9-29-17-27-16-28-29)14-22(15-19)35-12-11-31(24(33)34)21-5-7-26-8-6-21/h5-8,13-17,20H,1-4,9-12H2,(H,33,34). The summed E-state index contributed by atoms with van der Waals surface area (Å²) in [6.45, 7) is 1.24. The molecule has 2 amide bonds. The number of benzene rings is 1. The Bertz CT molecular complexity index is 1120. The lowest BCUT2D eigenvalue weighted by atomic mass is 10.1. The molecule has 10 nitrogen and oxygen atoms in total. The number of carbonyl (C=O) groups is 2. The normalized spacial score (nSPS) is 13.5. The number of anilines is 1. The summed E-state index contributed by atoms with van der Waals surface area (Å²) in [6.07, 6.45) is 9.19. The van der Waals surface area contributed by atoms with Gasteiger partial charge in [0.2, 0.25) is 0 Å². The van der Waals surface area contributed by atoms with E-state index in [0.717, 1.165) is 25.7 Å². The van der Waals surface area contributed by atoms with Crippen LogP contribution in [0.3, 0.4) is 0 Å². The maximum Gasteiger partial charge on any atom is 0.411 e. The van der Waals surface area contributed by atoms with Gasteiger partial charge in [-0.2, -0.15) is 5.10 Å². The first kappa shape index (κ1) is 24.5. The Balaban J connectivity index is 1.44. The Morgan fingerprint density at radius 1 is 1.11 bits per heavy atom. The van der Waals surface area contributed by atoms with Crippen LogP contribution in [-0.2, 0) is 6.54 Å². The van der Waals surface area contributed by atoms with Crippen molar-refractivity contribution in [3.05, 3.63) is 66.0 Å². The maximum absolute atomic E-state index is 13.5. The largest absolute Gasteiger partial charge is 0.492 e. The minimum atomic E-state index is -1.10. The third-order valence-electron chi connectivity index (χ3n) is 5.97. The fourth-order valence-electron chi connectivity index (χ4n) is 4.27. The highest BCUT2D eigenvalue weighted by molar-refractivity contribution is 6.31. The molecule has 3 aromatic rings. The molecular weight excluding hydrogens is 472 g/mol. The molecule has 0 aliphatic heterocycles. The highest BCUT2D eigenvalue weighted by Crippen LogP contribution is 2.27. The van der Waals surface area contributed by atoms with Crippen LogP contribution < -0.4 is 9.64 Å². The summed E-state index contributed by atoms with van der Waals surface area (Å²) in [5, 5.41) is 14.0. The summed E-state index contributed by atoms with van der Waals surface area (Å²) < 4.78 is 7.51. The molecule has 4 rings (SSSR count). The Morgan fingerprint density at radius 3 is 2.57 bits per heavy atom. The van der Waals surface area contributed by atoms with Crippen LogP contribution in [0.5, 0.6) is 5.75 Å². The van der Waals surface area contributed by atoms with Crippen LogP contribution in [0.25, 0.3) is 0 Å². The molecule has 2 aromatic heterocycles. The molecule has 1 aliphatic carbocycles. The highest BCUT2D eigenvalue weighted by Gasteiger charge is 2.28. The molecule has 184 valence electrons. The topological polar surface area (TPSA) is 114 Å². The van der Waals surface area contributed by atoms with Gasteiger partial charge in [-0.3, -0.25) is 19.4 Å². The van der Waals surface area contributed by atoms with Crippen LogP contribution in [0.4, 0.5) is 10.5 Å². The maximum atomic E-state index is 13.5. The van der Waals surface area contributed by atoms with Gasteiger partial charge in [0.1, 0.15) is 25.0 Å². The van der Waals surface area contributed by atoms with Crippen molar-refractivity contribution in [2.75, 3.05) is 24.6 Å². The number of hydrogen-bond acceptors (Lipinski definition) is 6. The molecule has 1 saturated carbocycles. The molecule has 1 N–H and O–H groups in total. The lowest BCUT2D eigenvalue weighted by Gasteiger charge is -2.29. The zero-order valence-electron chi connectivity index (χ0n) is 19.2. The van der Waals surface area contributed by atoms with E-state index in [-0.39, 0.29) is 25.1 Å². The fourth-order valence-corrected chi connectivity index (χ4v) is 4.50. The van der Waals surface area contributed by atoms with E-state index in [1.807, 2.05) is 4.90 Å². The second-order valence-corrected chi connectivity index (χ2v) is 8.70. The average molecular weight is 499 g/mol. The van der Waals surface area contributed by atoms with E-state index in [2.05, 4.69) is 15.1 Å². The van der Waals surface area contributed by atoms with Gasteiger partial charge < -0.3 is 14.7 Å². The summed E-state index contributed by atoms with van der Waals surface area (Å²) in [6, 6.07) is 8.30. The van der Waals surface area contributed by atoms with Crippen LogP contribution in [0, 0.1) is 0 Å². The Morgan fingerprint density at radius 2 is 1.89 bits per heavy atom. The Kier molecular flexibility index (Phi) is 8.15. The summed E-state index contributed by atoms with van der Waals surface area (Å²) in [5.41, 5.74) is 0.930. The number of carboxylic acid groups (broad SMARTS) is 1. The second-order valence-electron chi connectivity index (χ2n) is 8.26. The first-order chi connectivity index (χ1) is 17.0.